The van der Waals surface area contributed by atoms with Crippen LogP contribution in [-0.4, -0.2) is 40.0 Å². The van der Waals surface area contributed by atoms with Gasteiger partial charge in [0.15, 0.2) is 0 Å². The van der Waals surface area contributed by atoms with Gasteiger partial charge in [-0.25, -0.2) is 4.39 Å². The molecule has 7 heteroatoms. The van der Waals surface area contributed by atoms with Gasteiger partial charge in [0, 0.05) is 19.2 Å². The average molecular weight is 330 g/mol. The van der Waals surface area contributed by atoms with E-state index in [9.17, 15) is 14.0 Å². The molecule has 0 aliphatic carbocycles. The molecule has 2 atom stereocenters. The van der Waals surface area contributed by atoms with Gasteiger partial charge in [0.25, 0.3) is 0 Å². The Kier molecular flexibility index (Phi) is 4.33. The molecule has 0 radical (unpaired) electrons. The fourth-order valence-electron chi connectivity index (χ4n) is 3.10. The monoisotopic (exact) mass is 330 g/mol. The molecule has 1 aliphatic rings. The molecule has 2 aromatic rings. The predicted octanol–water partition coefficient (Wildman–Crippen LogP) is 1.49. The summed E-state index contributed by atoms with van der Waals surface area (Å²) in [5, 5.41) is 9.75. The summed E-state index contributed by atoms with van der Waals surface area (Å²) in [6, 6.07) is 7.16. The van der Waals surface area contributed by atoms with Crippen molar-refractivity contribution in [3.05, 3.63) is 53.1 Å². The predicted molar refractivity (Wildman–Crippen MR) is 85.5 cm³/mol. The number of nitrogens with one attached hydrogen (secondary N) is 2. The standard InChI is InChI=1S/C17H19FN4O2/c1-10-7-13(21-20-10)8-15(23)19-14-9-16(24)22(2)17(14)11-3-5-12(18)6-4-11/h3-7,14,17H,8-9H2,1-2H3,(H,19,23)(H,20,21)/t14-,17-/m1/s1. The SMILES string of the molecule is Cc1cc(CC(=O)N[C@@H]2CC(=O)N(C)[C@@H]2c2ccc(F)cc2)n[nH]1. The highest BCUT2D eigenvalue weighted by Gasteiger charge is 2.39. The molecule has 0 spiro atoms. The fourth-order valence-corrected chi connectivity index (χ4v) is 3.10. The van der Waals surface area contributed by atoms with Gasteiger partial charge in [-0.1, -0.05) is 12.1 Å². The van der Waals surface area contributed by atoms with Crippen molar-refractivity contribution < 1.29 is 14.0 Å². The Labute approximate surface area is 139 Å². The maximum atomic E-state index is 13.1. The number of likely N-dealkylation sites (tertiary alicyclic amines) is 1. The van der Waals surface area contributed by atoms with Crippen molar-refractivity contribution in [1.82, 2.24) is 20.4 Å². The lowest BCUT2D eigenvalue weighted by atomic mass is 10.00. The first-order valence-electron chi connectivity index (χ1n) is 7.75. The quantitative estimate of drug-likeness (QED) is 0.891. The van der Waals surface area contributed by atoms with E-state index in [1.807, 2.05) is 13.0 Å². The number of halogens is 1. The molecule has 1 aromatic carbocycles. The molecule has 1 aliphatic heterocycles. The number of aromatic nitrogens is 2. The van der Waals surface area contributed by atoms with Gasteiger partial charge in [-0.05, 0) is 30.7 Å². The number of likely N-dealkylation sites (N-methyl/N-ethyl adjacent to an activating group) is 1. The largest absolute Gasteiger partial charge is 0.350 e. The number of amides is 2. The van der Waals surface area contributed by atoms with Crippen molar-refractivity contribution >= 4 is 11.8 Å². The molecular weight excluding hydrogens is 311 g/mol. The summed E-state index contributed by atoms with van der Waals surface area (Å²) >= 11 is 0. The molecule has 1 saturated heterocycles. The molecule has 24 heavy (non-hydrogen) atoms. The van der Waals surface area contributed by atoms with Crippen molar-refractivity contribution in [2.24, 2.45) is 0 Å². The number of hydrogen-bond donors (Lipinski definition) is 2. The van der Waals surface area contributed by atoms with E-state index in [1.165, 1.54) is 12.1 Å². The van der Waals surface area contributed by atoms with Gasteiger partial charge < -0.3 is 10.2 Å². The maximum absolute atomic E-state index is 13.1. The van der Waals surface area contributed by atoms with Gasteiger partial charge in [-0.3, -0.25) is 14.7 Å². The van der Waals surface area contributed by atoms with Crippen molar-refractivity contribution in [3.8, 4) is 0 Å². The Morgan fingerprint density at radius 1 is 1.42 bits per heavy atom. The molecule has 0 saturated carbocycles. The van der Waals surface area contributed by atoms with Gasteiger partial charge in [0.2, 0.25) is 11.8 Å². The third-order valence-electron chi connectivity index (χ3n) is 4.24. The first kappa shape index (κ1) is 16.2. The van der Waals surface area contributed by atoms with E-state index >= 15 is 0 Å². The minimum atomic E-state index is -0.347. The summed E-state index contributed by atoms with van der Waals surface area (Å²) in [6.45, 7) is 1.86. The lowest BCUT2D eigenvalue weighted by Gasteiger charge is -2.26. The second-order valence-corrected chi connectivity index (χ2v) is 6.10. The normalized spacial score (nSPS) is 20.5. The average Bonchev–Trinajstić information content (AvgIpc) is 3.04. The summed E-state index contributed by atoms with van der Waals surface area (Å²) in [4.78, 5) is 25.9. The number of H-pyrrole nitrogens is 1. The van der Waals surface area contributed by atoms with Crippen LogP contribution in [0.5, 0.6) is 0 Å². The van der Waals surface area contributed by atoms with Crippen molar-refractivity contribution in [2.75, 3.05) is 7.05 Å². The number of nitrogens with zero attached hydrogens (tertiary/aromatic N) is 2. The zero-order valence-corrected chi connectivity index (χ0v) is 13.5. The second-order valence-electron chi connectivity index (χ2n) is 6.10. The molecule has 2 amide bonds. The van der Waals surface area contributed by atoms with E-state index in [4.69, 9.17) is 0 Å². The molecule has 1 aromatic heterocycles. The minimum Gasteiger partial charge on any atom is -0.350 e. The lowest BCUT2D eigenvalue weighted by molar-refractivity contribution is -0.127. The second kappa shape index (κ2) is 6.43. The van der Waals surface area contributed by atoms with Crippen molar-refractivity contribution in [1.29, 1.82) is 0 Å². The highest BCUT2D eigenvalue weighted by atomic mass is 19.1. The van der Waals surface area contributed by atoms with Crippen LogP contribution in [0.4, 0.5) is 4.39 Å². The Bertz CT molecular complexity index is 756. The van der Waals surface area contributed by atoms with E-state index in [-0.39, 0.29) is 42.6 Å². The molecule has 2 N–H and O–H groups in total. The first-order valence-corrected chi connectivity index (χ1v) is 7.75. The summed E-state index contributed by atoms with van der Waals surface area (Å²) in [6.07, 6.45) is 0.374. The zero-order chi connectivity index (χ0) is 17.3. The third kappa shape index (κ3) is 3.29. The summed E-state index contributed by atoms with van der Waals surface area (Å²) in [5.74, 6) is -0.577. The highest BCUT2D eigenvalue weighted by Crippen LogP contribution is 2.32. The molecular formula is C17H19FN4O2. The van der Waals surface area contributed by atoms with Crippen LogP contribution in [0.3, 0.4) is 0 Å². The Balaban J connectivity index is 1.73. The molecule has 1 fully saturated rings. The van der Waals surface area contributed by atoms with E-state index in [2.05, 4.69) is 15.5 Å². The smallest absolute Gasteiger partial charge is 0.226 e. The van der Waals surface area contributed by atoms with E-state index < -0.39 is 0 Å². The molecule has 2 heterocycles. The van der Waals surface area contributed by atoms with E-state index in [1.54, 1.807) is 24.1 Å². The lowest BCUT2D eigenvalue weighted by Crippen LogP contribution is -2.39. The van der Waals surface area contributed by atoms with Crippen LogP contribution in [0.25, 0.3) is 0 Å². The van der Waals surface area contributed by atoms with E-state index in [0.29, 0.717) is 5.69 Å². The minimum absolute atomic E-state index is 0.0507. The summed E-state index contributed by atoms with van der Waals surface area (Å²) in [7, 11) is 1.69. The van der Waals surface area contributed by atoms with Gasteiger partial charge in [0.1, 0.15) is 5.82 Å². The molecule has 6 nitrogen and oxygen atoms in total. The molecule has 3 rings (SSSR count). The van der Waals surface area contributed by atoms with Crippen molar-refractivity contribution in [2.45, 2.75) is 31.8 Å². The van der Waals surface area contributed by atoms with Crippen LogP contribution in [0.2, 0.25) is 0 Å². The number of carbonyl (C=O) groups excluding carboxylic acids is 2. The Hall–Kier alpha value is -2.70. The number of aryl methyl sites for hydroxylation is 1. The maximum Gasteiger partial charge on any atom is 0.226 e. The Morgan fingerprint density at radius 2 is 2.12 bits per heavy atom. The van der Waals surface area contributed by atoms with Gasteiger partial charge in [0.05, 0.1) is 24.2 Å². The molecule has 0 unspecified atom stereocenters. The topological polar surface area (TPSA) is 78.1 Å². The number of rotatable bonds is 4. The van der Waals surface area contributed by atoms with Crippen LogP contribution >= 0.6 is 0 Å². The first-order chi connectivity index (χ1) is 11.4. The number of hydrogen-bond acceptors (Lipinski definition) is 3. The molecule has 0 bridgehead atoms. The zero-order valence-electron chi connectivity index (χ0n) is 13.5. The number of aromatic amines is 1. The Morgan fingerprint density at radius 3 is 2.75 bits per heavy atom. The van der Waals surface area contributed by atoms with Gasteiger partial charge in [-0.2, -0.15) is 5.10 Å². The van der Waals surface area contributed by atoms with Gasteiger partial charge in [-0.15, -0.1) is 0 Å². The third-order valence-corrected chi connectivity index (χ3v) is 4.24. The van der Waals surface area contributed by atoms with Gasteiger partial charge >= 0.3 is 0 Å². The van der Waals surface area contributed by atoms with Crippen molar-refractivity contribution in [3.63, 3.8) is 0 Å². The van der Waals surface area contributed by atoms with Crippen LogP contribution < -0.4 is 5.32 Å². The highest BCUT2D eigenvalue weighted by molar-refractivity contribution is 5.83. The van der Waals surface area contributed by atoms with Crippen LogP contribution in [0, 0.1) is 12.7 Å². The summed E-state index contributed by atoms with van der Waals surface area (Å²) in [5.41, 5.74) is 2.34. The van der Waals surface area contributed by atoms with Crippen LogP contribution in [0.1, 0.15) is 29.4 Å². The van der Waals surface area contributed by atoms with Crippen LogP contribution in [0.15, 0.2) is 30.3 Å². The van der Waals surface area contributed by atoms with Crippen LogP contribution in [-0.2, 0) is 16.0 Å². The number of carbonyl (C=O) groups is 2. The molecule has 126 valence electrons. The van der Waals surface area contributed by atoms with E-state index in [0.717, 1.165) is 11.3 Å². The summed E-state index contributed by atoms with van der Waals surface area (Å²) < 4.78 is 13.1. The number of benzene rings is 1. The fraction of sp³-hybridized carbons (Fsp3) is 0.353.